The van der Waals surface area contributed by atoms with Crippen molar-refractivity contribution >= 4 is 38.5 Å². The highest BCUT2D eigenvalue weighted by molar-refractivity contribution is 9.10. The van der Waals surface area contributed by atoms with Gasteiger partial charge in [0.05, 0.1) is 4.47 Å². The number of aromatic nitrogens is 1. The highest BCUT2D eigenvalue weighted by Gasteiger charge is 2.34. The second kappa shape index (κ2) is 4.49. The van der Waals surface area contributed by atoms with Crippen molar-refractivity contribution in [2.75, 3.05) is 0 Å². The Morgan fingerprint density at radius 1 is 1.53 bits per heavy atom. The molecule has 82 valence electrons. The summed E-state index contributed by atoms with van der Waals surface area (Å²) in [6.07, 6.45) is -3.24. The van der Waals surface area contributed by atoms with E-state index in [1.807, 2.05) is 0 Å². The molecular weight excluding hydrogens is 296 g/mol. The van der Waals surface area contributed by atoms with Crippen molar-refractivity contribution in [1.29, 1.82) is 0 Å². The van der Waals surface area contributed by atoms with Crippen LogP contribution in [0.5, 0.6) is 0 Å². The number of alkyl halides is 3. The summed E-state index contributed by atoms with van der Waals surface area (Å²) < 4.78 is 36.5. The smallest absolute Gasteiger partial charge is 0.236 e. The normalized spacial score (nSPS) is 13.1. The molecule has 0 aliphatic rings. The van der Waals surface area contributed by atoms with Gasteiger partial charge in [0.2, 0.25) is 5.17 Å². The summed E-state index contributed by atoms with van der Waals surface area (Å²) in [5.41, 5.74) is 0.809. The number of pyridine rings is 1. The Kier molecular flexibility index (Phi) is 3.72. The fourth-order valence-electron chi connectivity index (χ4n) is 0.765. The molecule has 1 rings (SSSR count). The first-order chi connectivity index (χ1) is 6.80. The molecule has 1 aromatic heterocycles. The maximum atomic E-state index is 12.0. The van der Waals surface area contributed by atoms with Crippen LogP contribution in [-0.2, 0) is 0 Å². The predicted octanol–water partition coefficient (Wildman–Crippen LogP) is 3.98. The van der Waals surface area contributed by atoms with E-state index in [0.717, 1.165) is 5.56 Å². The van der Waals surface area contributed by atoms with Crippen molar-refractivity contribution in [1.82, 2.24) is 4.98 Å². The van der Waals surface area contributed by atoms with E-state index in [2.05, 4.69) is 25.9 Å². The molecule has 0 radical (unpaired) electrons. The van der Waals surface area contributed by atoms with E-state index in [9.17, 15) is 13.2 Å². The van der Waals surface area contributed by atoms with Crippen LogP contribution in [-0.4, -0.2) is 16.3 Å². The number of nitrogens with zero attached hydrogens (tertiary/aromatic N) is 2. The number of aryl methyl sites for hydroxylation is 1. The summed E-state index contributed by atoms with van der Waals surface area (Å²) in [5.74, 6) is -0.0945. The fraction of sp³-hybridized carbons (Fsp3) is 0.250. The highest BCUT2D eigenvalue weighted by Crippen LogP contribution is 2.27. The lowest BCUT2D eigenvalue weighted by Gasteiger charge is -2.04. The quantitative estimate of drug-likeness (QED) is 0.720. The van der Waals surface area contributed by atoms with Gasteiger partial charge in [-0.3, -0.25) is 0 Å². The van der Waals surface area contributed by atoms with Crippen LogP contribution in [0.15, 0.2) is 21.7 Å². The maximum Gasteiger partial charge on any atom is 0.444 e. The summed E-state index contributed by atoms with van der Waals surface area (Å²) >= 11 is 8.01. The second-order valence-corrected chi connectivity index (χ2v) is 3.93. The van der Waals surface area contributed by atoms with Gasteiger partial charge in [-0.1, -0.05) is 11.6 Å². The SMILES string of the molecule is Cc1cnc(N=C(Cl)C(F)(F)F)c(Br)c1. The van der Waals surface area contributed by atoms with Crippen molar-refractivity contribution in [3.63, 3.8) is 0 Å². The third-order valence-electron chi connectivity index (χ3n) is 1.40. The minimum atomic E-state index is -4.65. The van der Waals surface area contributed by atoms with Crippen molar-refractivity contribution in [3.05, 3.63) is 22.3 Å². The minimum Gasteiger partial charge on any atom is -0.236 e. The zero-order valence-corrected chi connectivity index (χ0v) is 9.78. The first-order valence-electron chi connectivity index (χ1n) is 3.74. The van der Waals surface area contributed by atoms with Crippen molar-refractivity contribution < 1.29 is 13.2 Å². The van der Waals surface area contributed by atoms with E-state index in [1.54, 1.807) is 13.0 Å². The second-order valence-electron chi connectivity index (χ2n) is 2.72. The molecule has 7 heteroatoms. The monoisotopic (exact) mass is 300 g/mol. The summed E-state index contributed by atoms with van der Waals surface area (Å²) in [6.45, 7) is 1.76. The van der Waals surface area contributed by atoms with E-state index in [-0.39, 0.29) is 5.82 Å². The molecule has 0 unspecified atom stereocenters. The Balaban J connectivity index is 3.09. The van der Waals surface area contributed by atoms with Crippen LogP contribution in [0.1, 0.15) is 5.56 Å². The fourth-order valence-corrected chi connectivity index (χ4v) is 1.40. The Morgan fingerprint density at radius 2 is 2.13 bits per heavy atom. The van der Waals surface area contributed by atoms with Gasteiger partial charge >= 0.3 is 6.18 Å². The zero-order chi connectivity index (χ0) is 11.6. The summed E-state index contributed by atoms with van der Waals surface area (Å²) in [4.78, 5) is 6.88. The van der Waals surface area contributed by atoms with E-state index in [0.29, 0.717) is 4.47 Å². The van der Waals surface area contributed by atoms with Crippen LogP contribution < -0.4 is 0 Å². The molecule has 15 heavy (non-hydrogen) atoms. The van der Waals surface area contributed by atoms with E-state index >= 15 is 0 Å². The Bertz CT molecular complexity index is 403. The molecule has 0 N–H and O–H groups in total. The molecule has 0 aromatic carbocycles. The molecule has 0 aliphatic heterocycles. The molecule has 0 saturated heterocycles. The third-order valence-corrected chi connectivity index (χ3v) is 2.28. The number of hydrogen-bond donors (Lipinski definition) is 0. The molecule has 0 fully saturated rings. The lowest BCUT2D eigenvalue weighted by Crippen LogP contribution is -2.16. The molecular formula is C8H5BrClF3N2. The van der Waals surface area contributed by atoms with Crippen LogP contribution in [0.3, 0.4) is 0 Å². The molecule has 1 aromatic rings. The van der Waals surface area contributed by atoms with E-state index < -0.39 is 11.3 Å². The lowest BCUT2D eigenvalue weighted by atomic mass is 10.3. The largest absolute Gasteiger partial charge is 0.444 e. The van der Waals surface area contributed by atoms with Gasteiger partial charge in [-0.15, -0.1) is 0 Å². The zero-order valence-electron chi connectivity index (χ0n) is 7.44. The molecule has 0 amide bonds. The van der Waals surface area contributed by atoms with Crippen molar-refractivity contribution in [2.24, 2.45) is 4.99 Å². The lowest BCUT2D eigenvalue weighted by molar-refractivity contribution is -0.0558. The van der Waals surface area contributed by atoms with Crippen LogP contribution in [0.4, 0.5) is 19.0 Å². The van der Waals surface area contributed by atoms with Crippen LogP contribution in [0.25, 0.3) is 0 Å². The summed E-state index contributed by atoms with van der Waals surface area (Å²) in [7, 11) is 0. The topological polar surface area (TPSA) is 25.2 Å². The molecule has 0 saturated carbocycles. The van der Waals surface area contributed by atoms with E-state index in [1.165, 1.54) is 6.20 Å². The average Bonchev–Trinajstić information content (AvgIpc) is 2.08. The Labute approximate surface area is 97.3 Å². The maximum absolute atomic E-state index is 12.0. The number of hydrogen-bond acceptors (Lipinski definition) is 2. The first-order valence-corrected chi connectivity index (χ1v) is 4.91. The van der Waals surface area contributed by atoms with Gasteiger partial charge in [0.1, 0.15) is 0 Å². The molecule has 0 bridgehead atoms. The predicted molar refractivity (Wildman–Crippen MR) is 55.7 cm³/mol. The number of aliphatic imine (C=N–C) groups is 1. The summed E-state index contributed by atoms with van der Waals surface area (Å²) in [5, 5.41) is -1.44. The van der Waals surface area contributed by atoms with Crippen LogP contribution in [0.2, 0.25) is 0 Å². The minimum absolute atomic E-state index is 0.0945. The van der Waals surface area contributed by atoms with Gasteiger partial charge in [-0.05, 0) is 34.5 Å². The van der Waals surface area contributed by atoms with Crippen molar-refractivity contribution in [3.8, 4) is 0 Å². The van der Waals surface area contributed by atoms with Gasteiger partial charge in [0.25, 0.3) is 0 Å². The van der Waals surface area contributed by atoms with Gasteiger partial charge < -0.3 is 0 Å². The van der Waals surface area contributed by atoms with E-state index in [4.69, 9.17) is 11.6 Å². The molecule has 0 atom stereocenters. The van der Waals surface area contributed by atoms with Gasteiger partial charge in [-0.2, -0.15) is 13.2 Å². The first kappa shape index (κ1) is 12.4. The van der Waals surface area contributed by atoms with Gasteiger partial charge in [0.15, 0.2) is 5.82 Å². The van der Waals surface area contributed by atoms with Gasteiger partial charge in [0, 0.05) is 6.20 Å². The molecule has 0 spiro atoms. The Hall–Kier alpha value is -0.620. The van der Waals surface area contributed by atoms with Crippen LogP contribution >= 0.6 is 27.5 Å². The van der Waals surface area contributed by atoms with Crippen LogP contribution in [0, 0.1) is 6.92 Å². The summed E-state index contributed by atoms with van der Waals surface area (Å²) in [6, 6.07) is 1.60. The average molecular weight is 301 g/mol. The van der Waals surface area contributed by atoms with Gasteiger partial charge in [-0.25, -0.2) is 9.98 Å². The van der Waals surface area contributed by atoms with Crippen molar-refractivity contribution in [2.45, 2.75) is 13.1 Å². The Morgan fingerprint density at radius 3 is 2.60 bits per heavy atom. The number of halogens is 5. The molecule has 0 aliphatic carbocycles. The molecule has 2 nitrogen and oxygen atoms in total. The standard InChI is InChI=1S/C8H5BrClF3N2/c1-4-2-5(9)6(14-3-4)15-7(10)8(11,12)13/h2-3H,1H3. The number of rotatable bonds is 1. The highest BCUT2D eigenvalue weighted by atomic mass is 79.9. The third kappa shape index (κ3) is 3.46. The molecule has 1 heterocycles.